The quantitative estimate of drug-likeness (QED) is 0.365. The summed E-state index contributed by atoms with van der Waals surface area (Å²) in [5.74, 6) is 0.867. The fraction of sp³-hybridized carbons (Fsp3) is 0.520. The van der Waals surface area contributed by atoms with Crippen LogP contribution in [0.2, 0.25) is 0 Å². The average Bonchev–Trinajstić information content (AvgIpc) is 2.87. The molecule has 0 saturated carbocycles. The van der Waals surface area contributed by atoms with Crippen LogP contribution >= 0.6 is 0 Å². The molecule has 0 amide bonds. The number of hydrogen-bond acceptors (Lipinski definition) is 8. The molecule has 4 rings (SSSR count). The van der Waals surface area contributed by atoms with Gasteiger partial charge in [0.1, 0.15) is 11.7 Å². The van der Waals surface area contributed by atoms with Crippen molar-refractivity contribution in [2.45, 2.75) is 58.2 Å². The molecule has 0 radical (unpaired) electrons. The maximum atomic E-state index is 13.7. The lowest BCUT2D eigenvalue weighted by molar-refractivity contribution is 0.104. The van der Waals surface area contributed by atoms with Crippen molar-refractivity contribution in [3.8, 4) is 17.1 Å². The van der Waals surface area contributed by atoms with Gasteiger partial charge >= 0.3 is 0 Å². The smallest absolute Gasteiger partial charge is 0.294 e. The highest BCUT2D eigenvalue weighted by molar-refractivity contribution is 5.80. The van der Waals surface area contributed by atoms with Gasteiger partial charge in [-0.3, -0.25) is 9.78 Å². The summed E-state index contributed by atoms with van der Waals surface area (Å²) in [6.45, 7) is 4.03. The normalized spacial score (nSPS) is 17.2. The van der Waals surface area contributed by atoms with E-state index in [0.717, 1.165) is 61.8 Å². The molecule has 0 aliphatic carbocycles. The van der Waals surface area contributed by atoms with E-state index < -0.39 is 6.23 Å². The van der Waals surface area contributed by atoms with E-state index in [1.165, 1.54) is 0 Å². The minimum absolute atomic E-state index is 0.0771. The molecule has 9 heteroatoms. The third-order valence-corrected chi connectivity index (χ3v) is 6.53. The minimum Gasteiger partial charge on any atom is -0.481 e. The first-order valence-corrected chi connectivity index (χ1v) is 12.1. The Morgan fingerprint density at radius 2 is 2.09 bits per heavy atom. The van der Waals surface area contributed by atoms with E-state index >= 15 is 0 Å². The number of aliphatic hydroxyl groups excluding tert-OH is 1. The molecule has 3 N–H and O–H groups in total. The number of rotatable bonds is 9. The molecule has 34 heavy (non-hydrogen) atoms. The van der Waals surface area contributed by atoms with E-state index in [9.17, 15) is 9.90 Å². The lowest BCUT2D eigenvalue weighted by Gasteiger charge is -2.34. The van der Waals surface area contributed by atoms with Crippen molar-refractivity contribution >= 4 is 16.9 Å². The highest BCUT2D eigenvalue weighted by Crippen LogP contribution is 2.25. The molecule has 1 fully saturated rings. The summed E-state index contributed by atoms with van der Waals surface area (Å²) in [6, 6.07) is 5.61. The molecule has 0 bridgehead atoms. The molecule has 2 atom stereocenters. The summed E-state index contributed by atoms with van der Waals surface area (Å²) in [5, 5.41) is 9.90. The Kier molecular flexibility index (Phi) is 7.74. The number of nitrogens with zero attached hydrogens (tertiary/aromatic N) is 5. The summed E-state index contributed by atoms with van der Waals surface area (Å²) in [7, 11) is 1.58. The number of piperidine rings is 1. The van der Waals surface area contributed by atoms with E-state index in [0.29, 0.717) is 30.3 Å². The van der Waals surface area contributed by atoms with Gasteiger partial charge in [0.2, 0.25) is 5.88 Å². The number of aryl methyl sites for hydroxylation is 1. The van der Waals surface area contributed by atoms with Crippen LogP contribution in [0, 0.1) is 5.92 Å². The number of ether oxygens (including phenoxy) is 1. The number of pyridine rings is 2. The minimum atomic E-state index is -0.901. The zero-order valence-corrected chi connectivity index (χ0v) is 20.0. The van der Waals surface area contributed by atoms with E-state index in [2.05, 4.69) is 16.9 Å². The van der Waals surface area contributed by atoms with Gasteiger partial charge in [-0.05, 0) is 31.4 Å². The Hall–Kier alpha value is -3.04. The number of fused-ring (bicyclic) bond motifs is 1. The Morgan fingerprint density at radius 1 is 1.24 bits per heavy atom. The molecule has 1 aliphatic rings. The van der Waals surface area contributed by atoms with E-state index in [1.54, 1.807) is 25.6 Å². The standard InChI is InChI=1S/C25H34N6O3/c1-3-4-5-6-12-31-21-13-19(17-9-10-22(34-2)28-14-17)27-15-20(21)29-24(25(31)33)30-11-7-8-18(16-30)23(26)32/h9-10,13-15,18,23,32H,3-8,11-12,16,26H2,1-2H3. The van der Waals surface area contributed by atoms with Gasteiger partial charge in [0.05, 0.1) is 24.5 Å². The van der Waals surface area contributed by atoms with Crippen LogP contribution in [0.15, 0.2) is 35.4 Å². The van der Waals surface area contributed by atoms with Gasteiger partial charge in [0, 0.05) is 43.4 Å². The summed E-state index contributed by atoms with van der Waals surface area (Å²) in [6.07, 6.45) is 8.48. The van der Waals surface area contributed by atoms with Crippen LogP contribution in [0.25, 0.3) is 22.3 Å². The van der Waals surface area contributed by atoms with Crippen molar-refractivity contribution in [2.75, 3.05) is 25.1 Å². The van der Waals surface area contributed by atoms with Gasteiger partial charge in [-0.2, -0.15) is 0 Å². The van der Waals surface area contributed by atoms with Gasteiger partial charge < -0.3 is 25.0 Å². The number of methoxy groups -OCH3 is 1. The fourth-order valence-electron chi connectivity index (χ4n) is 4.55. The van der Waals surface area contributed by atoms with Gasteiger partial charge in [-0.25, -0.2) is 9.97 Å². The van der Waals surface area contributed by atoms with Crippen molar-refractivity contribution in [1.29, 1.82) is 0 Å². The monoisotopic (exact) mass is 466 g/mol. The second-order valence-corrected chi connectivity index (χ2v) is 8.94. The van der Waals surface area contributed by atoms with Crippen molar-refractivity contribution < 1.29 is 9.84 Å². The van der Waals surface area contributed by atoms with Gasteiger partial charge in [0.25, 0.3) is 5.56 Å². The number of hydrogen-bond donors (Lipinski definition) is 2. The van der Waals surface area contributed by atoms with Crippen LogP contribution in [0.5, 0.6) is 5.88 Å². The third kappa shape index (κ3) is 5.20. The molecular weight excluding hydrogens is 432 g/mol. The highest BCUT2D eigenvalue weighted by atomic mass is 16.5. The van der Waals surface area contributed by atoms with Crippen LogP contribution in [-0.2, 0) is 6.54 Å². The predicted octanol–water partition coefficient (Wildman–Crippen LogP) is 2.94. The van der Waals surface area contributed by atoms with Crippen molar-refractivity contribution in [3.05, 3.63) is 40.9 Å². The topological polar surface area (TPSA) is 119 Å². The summed E-state index contributed by atoms with van der Waals surface area (Å²) >= 11 is 0. The lowest BCUT2D eigenvalue weighted by atomic mass is 9.97. The number of aliphatic hydroxyl groups is 1. The molecule has 3 aromatic rings. The maximum Gasteiger partial charge on any atom is 0.294 e. The average molecular weight is 467 g/mol. The molecule has 4 heterocycles. The zero-order valence-electron chi connectivity index (χ0n) is 20.0. The van der Waals surface area contributed by atoms with Crippen LogP contribution in [0.1, 0.15) is 45.4 Å². The highest BCUT2D eigenvalue weighted by Gasteiger charge is 2.27. The van der Waals surface area contributed by atoms with Crippen LogP contribution < -0.4 is 20.9 Å². The first-order valence-electron chi connectivity index (χ1n) is 12.1. The van der Waals surface area contributed by atoms with Crippen LogP contribution in [0.3, 0.4) is 0 Å². The number of anilines is 1. The third-order valence-electron chi connectivity index (χ3n) is 6.53. The lowest BCUT2D eigenvalue weighted by Crippen LogP contribution is -2.46. The van der Waals surface area contributed by atoms with Crippen molar-refractivity contribution in [2.24, 2.45) is 11.7 Å². The van der Waals surface area contributed by atoms with Crippen LogP contribution in [-0.4, -0.2) is 51.1 Å². The second-order valence-electron chi connectivity index (χ2n) is 8.94. The Morgan fingerprint density at radius 3 is 2.79 bits per heavy atom. The molecule has 9 nitrogen and oxygen atoms in total. The molecule has 3 aromatic heterocycles. The number of unbranched alkanes of at least 4 members (excludes halogenated alkanes) is 3. The summed E-state index contributed by atoms with van der Waals surface area (Å²) in [5.41, 5.74) is 8.64. The molecular formula is C25H34N6O3. The fourth-order valence-corrected chi connectivity index (χ4v) is 4.55. The number of nitrogens with two attached hydrogens (primary N) is 1. The van der Waals surface area contributed by atoms with E-state index in [-0.39, 0.29) is 11.5 Å². The SMILES string of the molecule is CCCCCCn1c(=O)c(N2CCCC(C(N)O)C2)nc2cnc(-c3ccc(OC)nc3)cc21. The van der Waals surface area contributed by atoms with E-state index in [4.69, 9.17) is 15.5 Å². The van der Waals surface area contributed by atoms with Crippen molar-refractivity contribution in [1.82, 2.24) is 19.5 Å². The Bertz CT molecular complexity index is 1160. The molecule has 0 aromatic carbocycles. The van der Waals surface area contributed by atoms with Crippen LogP contribution in [0.4, 0.5) is 5.82 Å². The van der Waals surface area contributed by atoms with Gasteiger partial charge in [0.15, 0.2) is 5.82 Å². The maximum absolute atomic E-state index is 13.7. The molecule has 0 spiro atoms. The Labute approximate surface area is 199 Å². The Balaban J connectivity index is 1.76. The number of aromatic nitrogens is 4. The van der Waals surface area contributed by atoms with Gasteiger partial charge in [-0.1, -0.05) is 26.2 Å². The molecule has 2 unspecified atom stereocenters. The predicted molar refractivity (Wildman–Crippen MR) is 133 cm³/mol. The second kappa shape index (κ2) is 10.9. The first-order chi connectivity index (χ1) is 16.5. The molecule has 1 saturated heterocycles. The zero-order chi connectivity index (χ0) is 24.1. The largest absolute Gasteiger partial charge is 0.481 e. The molecule has 182 valence electrons. The van der Waals surface area contributed by atoms with E-state index in [1.807, 2.05) is 21.6 Å². The summed E-state index contributed by atoms with van der Waals surface area (Å²) in [4.78, 5) is 29.3. The summed E-state index contributed by atoms with van der Waals surface area (Å²) < 4.78 is 6.98. The van der Waals surface area contributed by atoms with Crippen molar-refractivity contribution in [3.63, 3.8) is 0 Å². The molecule has 1 aliphatic heterocycles. The first kappa shape index (κ1) is 24.1. The van der Waals surface area contributed by atoms with Gasteiger partial charge in [-0.15, -0.1) is 0 Å².